The molecule has 1 aromatic carbocycles. The fourth-order valence-corrected chi connectivity index (χ4v) is 1.15. The largest absolute Gasteiger partial charge is 0.115 e. The second-order valence-electron chi connectivity index (χ2n) is 2.94. The summed E-state index contributed by atoms with van der Waals surface area (Å²) in [7, 11) is 0. The van der Waals surface area contributed by atoms with Crippen molar-refractivity contribution in [1.29, 1.82) is 0 Å². The summed E-state index contributed by atoms with van der Waals surface area (Å²) in [6.07, 6.45) is 8.92. The van der Waals surface area contributed by atoms with Gasteiger partial charge in [0.05, 0.1) is 0 Å². The minimum absolute atomic E-state index is 0. The van der Waals surface area contributed by atoms with Crippen molar-refractivity contribution in [3.63, 3.8) is 0 Å². The third-order valence-corrected chi connectivity index (χ3v) is 1.94. The van der Waals surface area contributed by atoms with Crippen molar-refractivity contribution in [2.24, 2.45) is 0 Å². The van der Waals surface area contributed by atoms with Crippen LogP contribution in [-0.2, 0) is 23.5 Å². The molecule has 0 aliphatic carbocycles. The molecule has 73 valence electrons. The van der Waals surface area contributed by atoms with Gasteiger partial charge in [0.25, 0.3) is 0 Å². The molecule has 0 saturated carbocycles. The van der Waals surface area contributed by atoms with Gasteiger partial charge < -0.3 is 0 Å². The Kier molecular flexibility index (Phi) is 6.41. The van der Waals surface area contributed by atoms with E-state index in [1.807, 2.05) is 12.1 Å². The van der Waals surface area contributed by atoms with Crippen molar-refractivity contribution >= 4 is 0 Å². The second kappa shape index (κ2) is 6.78. The fraction of sp³-hybridized carbons (Fsp3) is 0.333. The molecule has 0 spiro atoms. The van der Waals surface area contributed by atoms with E-state index in [9.17, 15) is 0 Å². The number of unbranched alkanes of at least 4 members (excludes halogenated alkanes) is 1. The monoisotopic (exact) mass is 221 g/mol. The van der Waals surface area contributed by atoms with Gasteiger partial charge in [0.15, 0.2) is 0 Å². The summed E-state index contributed by atoms with van der Waals surface area (Å²) >= 11 is 0. The molecule has 0 N–H and O–H groups in total. The van der Waals surface area contributed by atoms with Crippen LogP contribution >= 0.6 is 0 Å². The molecule has 0 unspecified atom stereocenters. The van der Waals surface area contributed by atoms with Gasteiger partial charge in [0, 0.05) is 22.6 Å². The Morgan fingerprint density at radius 3 is 2.31 bits per heavy atom. The Morgan fingerprint density at radius 1 is 1.23 bits per heavy atom. The zero-order valence-electron chi connectivity index (χ0n) is 7.81. The fourth-order valence-electron chi connectivity index (χ4n) is 1.15. The minimum atomic E-state index is 0. The summed E-state index contributed by atoms with van der Waals surface area (Å²) in [5.74, 6) is 2.61. The van der Waals surface area contributed by atoms with Crippen LogP contribution in [-0.4, -0.2) is 0 Å². The van der Waals surface area contributed by atoms with Crippen LogP contribution in [0.25, 0.3) is 0 Å². The number of hydrogen-bond donors (Lipinski definition) is 0. The first-order valence-corrected chi connectivity index (χ1v) is 4.42. The number of hydrogen-bond acceptors (Lipinski definition) is 0. The van der Waals surface area contributed by atoms with Gasteiger partial charge >= 0.3 is 0 Å². The van der Waals surface area contributed by atoms with Crippen molar-refractivity contribution in [2.45, 2.75) is 26.2 Å². The van der Waals surface area contributed by atoms with Gasteiger partial charge in [0.1, 0.15) is 0 Å². The van der Waals surface area contributed by atoms with E-state index in [4.69, 9.17) is 6.42 Å². The van der Waals surface area contributed by atoms with Crippen molar-refractivity contribution < 1.29 is 17.1 Å². The van der Waals surface area contributed by atoms with E-state index in [2.05, 4.69) is 25.0 Å². The summed E-state index contributed by atoms with van der Waals surface area (Å²) in [5, 5.41) is 0. The first-order valence-electron chi connectivity index (χ1n) is 4.42. The first kappa shape index (κ1) is 12.3. The van der Waals surface area contributed by atoms with E-state index in [0.717, 1.165) is 5.56 Å². The van der Waals surface area contributed by atoms with Crippen LogP contribution in [0.3, 0.4) is 0 Å². The molecule has 0 aromatic heterocycles. The molecule has 0 amide bonds. The van der Waals surface area contributed by atoms with Gasteiger partial charge in [-0.3, -0.25) is 0 Å². The van der Waals surface area contributed by atoms with E-state index < -0.39 is 0 Å². The molecule has 0 bridgehead atoms. The molecular formula is C12H14Cu. The summed E-state index contributed by atoms with van der Waals surface area (Å²) in [4.78, 5) is 0. The molecule has 0 aliphatic rings. The number of rotatable bonds is 3. The van der Waals surface area contributed by atoms with Crippen LogP contribution in [0.1, 0.15) is 30.9 Å². The summed E-state index contributed by atoms with van der Waals surface area (Å²) in [6.45, 7) is 2.20. The van der Waals surface area contributed by atoms with Gasteiger partial charge in [-0.2, -0.15) is 0 Å². The second-order valence-corrected chi connectivity index (χ2v) is 2.94. The molecule has 1 aromatic rings. The average molecular weight is 222 g/mol. The van der Waals surface area contributed by atoms with Crippen LogP contribution in [0, 0.1) is 12.3 Å². The van der Waals surface area contributed by atoms with E-state index >= 15 is 0 Å². The molecule has 1 radical (unpaired) electrons. The molecular weight excluding hydrogens is 208 g/mol. The molecule has 13 heavy (non-hydrogen) atoms. The third kappa shape index (κ3) is 4.17. The minimum Gasteiger partial charge on any atom is -0.115 e. The molecule has 0 atom stereocenters. The smallest absolute Gasteiger partial charge is 0.0242 e. The topological polar surface area (TPSA) is 0 Å². The van der Waals surface area contributed by atoms with E-state index in [0.29, 0.717) is 0 Å². The quantitative estimate of drug-likeness (QED) is 0.544. The maximum Gasteiger partial charge on any atom is 0.0242 e. The van der Waals surface area contributed by atoms with Crippen LogP contribution in [0.4, 0.5) is 0 Å². The van der Waals surface area contributed by atoms with Gasteiger partial charge in [0.2, 0.25) is 0 Å². The zero-order valence-corrected chi connectivity index (χ0v) is 8.75. The van der Waals surface area contributed by atoms with Crippen molar-refractivity contribution in [3.8, 4) is 12.3 Å². The van der Waals surface area contributed by atoms with Crippen molar-refractivity contribution in [1.82, 2.24) is 0 Å². The average Bonchev–Trinajstić information content (AvgIpc) is 2.15. The summed E-state index contributed by atoms with van der Waals surface area (Å²) < 4.78 is 0. The SMILES string of the molecule is C#Cc1ccc(CCCC)cc1.[Cu]. The molecule has 1 heteroatoms. The number of benzene rings is 1. The van der Waals surface area contributed by atoms with Gasteiger partial charge in [-0.15, -0.1) is 6.42 Å². The maximum absolute atomic E-state index is 5.25. The molecule has 1 rings (SSSR count). The molecule has 0 nitrogen and oxygen atoms in total. The molecule has 0 aliphatic heterocycles. The van der Waals surface area contributed by atoms with Crippen molar-refractivity contribution in [2.75, 3.05) is 0 Å². The molecule has 0 saturated heterocycles. The first-order chi connectivity index (χ1) is 5.86. The van der Waals surface area contributed by atoms with E-state index in [-0.39, 0.29) is 17.1 Å². The summed E-state index contributed by atoms with van der Waals surface area (Å²) in [5.41, 5.74) is 2.35. The van der Waals surface area contributed by atoms with E-state index in [1.54, 1.807) is 0 Å². The standard InChI is InChI=1S/C12H14.Cu/c1-3-5-6-12-9-7-11(4-2)8-10-12;/h2,7-10H,3,5-6H2,1H3;. The van der Waals surface area contributed by atoms with Gasteiger partial charge in [-0.05, 0) is 30.5 Å². The molecule has 0 heterocycles. The molecule has 0 fully saturated rings. The van der Waals surface area contributed by atoms with Gasteiger partial charge in [-0.25, -0.2) is 0 Å². The number of terminal acetylenes is 1. The predicted molar refractivity (Wildman–Crippen MR) is 53.0 cm³/mol. The maximum atomic E-state index is 5.25. The Labute approximate surface area is 91.2 Å². The number of aryl methyl sites for hydroxylation is 1. The third-order valence-electron chi connectivity index (χ3n) is 1.94. The summed E-state index contributed by atoms with van der Waals surface area (Å²) in [6, 6.07) is 8.24. The van der Waals surface area contributed by atoms with E-state index in [1.165, 1.54) is 24.8 Å². The van der Waals surface area contributed by atoms with Crippen LogP contribution in [0.2, 0.25) is 0 Å². The normalized spacial score (nSPS) is 8.62. The zero-order chi connectivity index (χ0) is 8.81. The predicted octanol–water partition coefficient (Wildman–Crippen LogP) is 3.01. The van der Waals surface area contributed by atoms with Crippen LogP contribution in [0.5, 0.6) is 0 Å². The Morgan fingerprint density at radius 2 is 1.85 bits per heavy atom. The van der Waals surface area contributed by atoms with Crippen LogP contribution < -0.4 is 0 Å². The van der Waals surface area contributed by atoms with Crippen LogP contribution in [0.15, 0.2) is 24.3 Å². The van der Waals surface area contributed by atoms with Gasteiger partial charge in [-0.1, -0.05) is 31.4 Å². The Hall–Kier alpha value is -0.701. The Bertz CT molecular complexity index is 266. The Balaban J connectivity index is 0.00000144. The van der Waals surface area contributed by atoms with Crippen molar-refractivity contribution in [3.05, 3.63) is 35.4 Å².